The fourth-order valence-corrected chi connectivity index (χ4v) is 2.75. The van der Waals surface area contributed by atoms with Gasteiger partial charge in [-0.1, -0.05) is 18.2 Å². The molecule has 2 rings (SSSR count). The fourth-order valence-electron chi connectivity index (χ4n) is 2.75. The van der Waals surface area contributed by atoms with Gasteiger partial charge in [0, 0.05) is 5.69 Å². The van der Waals surface area contributed by atoms with E-state index in [-0.39, 0.29) is 5.91 Å². The summed E-state index contributed by atoms with van der Waals surface area (Å²) >= 11 is 0. The van der Waals surface area contributed by atoms with Crippen LogP contribution in [-0.4, -0.2) is 46.8 Å². The van der Waals surface area contributed by atoms with Gasteiger partial charge in [0.1, 0.15) is 17.7 Å². The SMILES string of the molecule is C[C@@H](O)[C@H](NC(=O)OC(C)(C)C)C(=O)N[C@H]1CCc2ccccc2NC1=O. The lowest BCUT2D eigenvalue weighted by atomic mass is 10.1. The van der Waals surface area contributed by atoms with Crippen molar-refractivity contribution in [2.75, 3.05) is 5.32 Å². The smallest absolute Gasteiger partial charge is 0.408 e. The summed E-state index contributed by atoms with van der Waals surface area (Å²) in [6.45, 7) is 6.46. The molecule has 1 aromatic carbocycles. The normalized spacial score (nSPS) is 19.0. The van der Waals surface area contributed by atoms with Crippen LogP contribution >= 0.6 is 0 Å². The van der Waals surface area contributed by atoms with E-state index >= 15 is 0 Å². The lowest BCUT2D eigenvalue weighted by molar-refractivity contribution is -0.129. The second-order valence-electron chi connectivity index (χ2n) is 7.61. The highest BCUT2D eigenvalue weighted by atomic mass is 16.6. The molecule has 4 N–H and O–H groups in total. The predicted octanol–water partition coefficient (Wildman–Crippen LogP) is 1.33. The summed E-state index contributed by atoms with van der Waals surface area (Å²) in [7, 11) is 0. The fraction of sp³-hybridized carbons (Fsp3) is 0.526. The molecule has 0 saturated carbocycles. The molecule has 1 heterocycles. The van der Waals surface area contributed by atoms with E-state index in [1.54, 1.807) is 26.8 Å². The number of aliphatic hydroxyl groups excluding tert-OH is 1. The lowest BCUT2D eigenvalue weighted by Crippen LogP contribution is -2.56. The zero-order chi connectivity index (χ0) is 20.2. The van der Waals surface area contributed by atoms with Crippen LogP contribution in [0.1, 0.15) is 39.7 Å². The van der Waals surface area contributed by atoms with Gasteiger partial charge in [-0.3, -0.25) is 9.59 Å². The molecule has 0 bridgehead atoms. The number of ether oxygens (including phenoxy) is 1. The molecule has 0 aliphatic carbocycles. The molecule has 1 aliphatic rings. The Hall–Kier alpha value is -2.61. The maximum absolute atomic E-state index is 12.6. The van der Waals surface area contributed by atoms with Crippen molar-refractivity contribution in [2.45, 2.75) is 64.3 Å². The average molecular weight is 377 g/mol. The van der Waals surface area contributed by atoms with Gasteiger partial charge in [0.15, 0.2) is 0 Å². The third-order valence-electron chi connectivity index (χ3n) is 4.05. The molecule has 1 aromatic rings. The summed E-state index contributed by atoms with van der Waals surface area (Å²) in [5, 5.41) is 17.6. The Balaban J connectivity index is 2.02. The van der Waals surface area contributed by atoms with E-state index in [9.17, 15) is 19.5 Å². The number of fused-ring (bicyclic) bond motifs is 1. The van der Waals surface area contributed by atoms with Crippen LogP contribution in [0.25, 0.3) is 0 Å². The largest absolute Gasteiger partial charge is 0.444 e. The topological polar surface area (TPSA) is 117 Å². The number of alkyl carbamates (subject to hydrolysis) is 1. The number of aliphatic hydroxyl groups is 1. The van der Waals surface area contributed by atoms with E-state index in [4.69, 9.17) is 4.74 Å². The van der Waals surface area contributed by atoms with Gasteiger partial charge in [-0.25, -0.2) is 4.79 Å². The van der Waals surface area contributed by atoms with Crippen LogP contribution in [0.4, 0.5) is 10.5 Å². The van der Waals surface area contributed by atoms with Crippen LogP contribution in [0.3, 0.4) is 0 Å². The molecule has 0 fully saturated rings. The first-order valence-electron chi connectivity index (χ1n) is 8.93. The van der Waals surface area contributed by atoms with E-state index in [0.717, 1.165) is 11.3 Å². The van der Waals surface area contributed by atoms with E-state index < -0.39 is 35.8 Å². The summed E-state index contributed by atoms with van der Waals surface area (Å²) in [6.07, 6.45) is -0.962. The molecular formula is C19H27N3O5. The van der Waals surface area contributed by atoms with Crippen molar-refractivity contribution in [2.24, 2.45) is 0 Å². The van der Waals surface area contributed by atoms with Crippen molar-refractivity contribution < 1.29 is 24.2 Å². The number of rotatable bonds is 4. The van der Waals surface area contributed by atoms with Crippen molar-refractivity contribution in [3.05, 3.63) is 29.8 Å². The number of hydrogen-bond acceptors (Lipinski definition) is 5. The van der Waals surface area contributed by atoms with E-state index in [1.165, 1.54) is 6.92 Å². The van der Waals surface area contributed by atoms with Crippen molar-refractivity contribution >= 4 is 23.6 Å². The Labute approximate surface area is 158 Å². The first-order valence-corrected chi connectivity index (χ1v) is 8.93. The Morgan fingerprint density at radius 2 is 1.96 bits per heavy atom. The third-order valence-corrected chi connectivity index (χ3v) is 4.05. The number of para-hydroxylation sites is 1. The van der Waals surface area contributed by atoms with Gasteiger partial charge < -0.3 is 25.8 Å². The highest BCUT2D eigenvalue weighted by Crippen LogP contribution is 2.21. The van der Waals surface area contributed by atoms with Crippen molar-refractivity contribution in [3.63, 3.8) is 0 Å². The number of carbonyl (C=O) groups is 3. The standard InChI is InChI=1S/C19H27N3O5/c1-11(23)15(22-18(26)27-19(2,3)4)17(25)21-14-10-9-12-7-5-6-8-13(12)20-16(14)24/h5-8,11,14-15,23H,9-10H2,1-4H3,(H,20,24)(H,21,25)(H,22,26)/t11-,14+,15+/m1/s1. The number of carbonyl (C=O) groups excluding carboxylic acids is 3. The number of aryl methyl sites for hydroxylation is 1. The molecule has 3 amide bonds. The van der Waals surface area contributed by atoms with Crippen LogP contribution in [0.5, 0.6) is 0 Å². The molecule has 8 nitrogen and oxygen atoms in total. The number of anilines is 1. The molecular weight excluding hydrogens is 350 g/mol. The van der Waals surface area contributed by atoms with Crippen molar-refractivity contribution in [3.8, 4) is 0 Å². The van der Waals surface area contributed by atoms with Crippen LogP contribution in [-0.2, 0) is 20.7 Å². The minimum Gasteiger partial charge on any atom is -0.444 e. The molecule has 3 atom stereocenters. The van der Waals surface area contributed by atoms with Crippen LogP contribution in [0.15, 0.2) is 24.3 Å². The highest BCUT2D eigenvalue weighted by Gasteiger charge is 2.32. The third kappa shape index (κ3) is 5.96. The number of benzene rings is 1. The number of nitrogens with one attached hydrogen (secondary N) is 3. The Bertz CT molecular complexity index is 712. The zero-order valence-electron chi connectivity index (χ0n) is 16.0. The van der Waals surface area contributed by atoms with Gasteiger partial charge in [0.05, 0.1) is 6.10 Å². The van der Waals surface area contributed by atoms with E-state index in [0.29, 0.717) is 12.8 Å². The van der Waals surface area contributed by atoms with Crippen molar-refractivity contribution in [1.82, 2.24) is 10.6 Å². The van der Waals surface area contributed by atoms with Gasteiger partial charge in [-0.2, -0.15) is 0 Å². The van der Waals surface area contributed by atoms with Crippen LogP contribution in [0.2, 0.25) is 0 Å². The maximum Gasteiger partial charge on any atom is 0.408 e. The van der Waals surface area contributed by atoms with Gasteiger partial charge in [-0.05, 0) is 52.2 Å². The van der Waals surface area contributed by atoms with Crippen LogP contribution in [0, 0.1) is 0 Å². The summed E-state index contributed by atoms with van der Waals surface area (Å²) in [6, 6.07) is 5.43. The first kappa shape index (κ1) is 20.7. The molecule has 1 aliphatic heterocycles. The molecule has 0 saturated heterocycles. The second kappa shape index (κ2) is 8.39. The molecule has 0 radical (unpaired) electrons. The molecule has 27 heavy (non-hydrogen) atoms. The Kier molecular flexibility index (Phi) is 6.43. The van der Waals surface area contributed by atoms with Gasteiger partial charge in [-0.15, -0.1) is 0 Å². The maximum atomic E-state index is 12.6. The highest BCUT2D eigenvalue weighted by molar-refractivity contribution is 5.99. The molecule has 148 valence electrons. The molecule has 8 heteroatoms. The van der Waals surface area contributed by atoms with Gasteiger partial charge in [0.25, 0.3) is 0 Å². The zero-order valence-corrected chi connectivity index (χ0v) is 16.0. The molecule has 0 aromatic heterocycles. The van der Waals surface area contributed by atoms with E-state index in [1.807, 2.05) is 18.2 Å². The summed E-state index contributed by atoms with van der Waals surface area (Å²) in [5.41, 5.74) is 0.969. The van der Waals surface area contributed by atoms with Crippen LogP contribution < -0.4 is 16.0 Å². The van der Waals surface area contributed by atoms with Gasteiger partial charge in [0.2, 0.25) is 11.8 Å². The number of amides is 3. The first-order chi connectivity index (χ1) is 12.6. The Morgan fingerprint density at radius 3 is 2.59 bits per heavy atom. The lowest BCUT2D eigenvalue weighted by Gasteiger charge is -2.26. The quantitative estimate of drug-likeness (QED) is 0.632. The molecule has 0 spiro atoms. The second-order valence-corrected chi connectivity index (χ2v) is 7.61. The Morgan fingerprint density at radius 1 is 1.30 bits per heavy atom. The summed E-state index contributed by atoms with van der Waals surface area (Å²) < 4.78 is 5.12. The summed E-state index contributed by atoms with van der Waals surface area (Å²) in [4.78, 5) is 36.9. The summed E-state index contributed by atoms with van der Waals surface area (Å²) in [5.74, 6) is -0.989. The number of hydrogen-bond donors (Lipinski definition) is 4. The van der Waals surface area contributed by atoms with E-state index in [2.05, 4.69) is 16.0 Å². The van der Waals surface area contributed by atoms with Crippen molar-refractivity contribution in [1.29, 1.82) is 0 Å². The monoisotopic (exact) mass is 377 g/mol. The van der Waals surface area contributed by atoms with Gasteiger partial charge >= 0.3 is 6.09 Å². The predicted molar refractivity (Wildman–Crippen MR) is 100 cm³/mol. The minimum atomic E-state index is -1.24. The minimum absolute atomic E-state index is 0.338. The average Bonchev–Trinajstić information content (AvgIpc) is 2.70. The molecule has 0 unspecified atom stereocenters.